The largest absolute Gasteiger partial charge is 0.0876 e. The first-order chi connectivity index (χ1) is 11.6. The van der Waals surface area contributed by atoms with Crippen molar-refractivity contribution in [2.75, 3.05) is 6.16 Å². The van der Waals surface area contributed by atoms with Crippen molar-refractivity contribution in [2.24, 2.45) is 0 Å². The molecule has 0 nitrogen and oxygen atoms in total. The number of benzene rings is 2. The fourth-order valence-electron chi connectivity index (χ4n) is 2.89. The van der Waals surface area contributed by atoms with Crippen LogP contribution in [0.5, 0.6) is 0 Å². The summed E-state index contributed by atoms with van der Waals surface area (Å²) in [4.78, 5) is 0. The predicted octanol–water partition coefficient (Wildman–Crippen LogP) is 6.78. The van der Waals surface area contributed by atoms with Gasteiger partial charge in [-0.15, -0.1) is 0 Å². The van der Waals surface area contributed by atoms with E-state index in [1.807, 2.05) is 24.3 Å². The monoisotopic (exact) mass is 398 g/mol. The highest BCUT2D eigenvalue weighted by Crippen LogP contribution is 2.45. The molecule has 0 aliphatic carbocycles. The molecule has 130 valence electrons. The third-order valence-corrected chi connectivity index (χ3v) is 9.84. The van der Waals surface area contributed by atoms with Gasteiger partial charge in [-0.2, -0.15) is 0 Å². The van der Waals surface area contributed by atoms with Crippen molar-refractivity contribution in [1.82, 2.24) is 0 Å². The zero-order valence-electron chi connectivity index (χ0n) is 14.2. The fraction of sp³-hybridized carbons (Fsp3) is 0.400. The molecule has 0 saturated heterocycles. The zero-order chi connectivity index (χ0) is 17.4. The van der Waals surface area contributed by atoms with Crippen LogP contribution in [0.1, 0.15) is 45.4 Å². The lowest BCUT2D eigenvalue weighted by atomic mass is 10.1. The fourth-order valence-corrected chi connectivity index (χ4v) is 7.00. The summed E-state index contributed by atoms with van der Waals surface area (Å²) in [6, 6.07) is 14.4. The Morgan fingerprint density at radius 1 is 0.708 bits per heavy atom. The van der Waals surface area contributed by atoms with Gasteiger partial charge >= 0.3 is 0 Å². The molecule has 0 fully saturated rings. The molecule has 0 heterocycles. The Morgan fingerprint density at radius 3 is 1.58 bits per heavy atom. The van der Waals surface area contributed by atoms with E-state index in [2.05, 4.69) is 31.2 Å². The van der Waals surface area contributed by atoms with Crippen molar-refractivity contribution < 1.29 is 0 Å². The van der Waals surface area contributed by atoms with Crippen LogP contribution in [0.3, 0.4) is 0 Å². The predicted molar refractivity (Wildman–Crippen MR) is 115 cm³/mol. The first-order valence-electron chi connectivity index (χ1n) is 8.67. The minimum absolute atomic E-state index is 0.760. The SMILES string of the molecule is CCCCCCCCP(=S)(c1ccc(Cl)cc1)c1ccc(Cl)cc1. The summed E-state index contributed by atoms with van der Waals surface area (Å²) in [5, 5.41) is 4.02. The third kappa shape index (κ3) is 5.60. The van der Waals surface area contributed by atoms with Gasteiger partial charge in [0.15, 0.2) is 0 Å². The summed E-state index contributed by atoms with van der Waals surface area (Å²) in [5.41, 5.74) is 0. The van der Waals surface area contributed by atoms with Crippen LogP contribution < -0.4 is 10.6 Å². The van der Waals surface area contributed by atoms with Crippen LogP contribution in [-0.4, -0.2) is 6.16 Å². The molecule has 0 unspecified atom stereocenters. The molecule has 24 heavy (non-hydrogen) atoms. The number of rotatable bonds is 9. The second-order valence-corrected chi connectivity index (χ2v) is 11.9. The summed E-state index contributed by atoms with van der Waals surface area (Å²) in [6.45, 7) is 2.25. The van der Waals surface area contributed by atoms with E-state index in [1.165, 1.54) is 49.1 Å². The van der Waals surface area contributed by atoms with Gasteiger partial charge in [-0.1, -0.05) is 98.3 Å². The van der Waals surface area contributed by atoms with E-state index in [0.717, 1.165) is 16.2 Å². The van der Waals surface area contributed by atoms with Crippen molar-refractivity contribution >= 4 is 51.7 Å². The standard InChI is InChI=1S/C20H25Cl2PS/c1-2-3-4-5-6-7-16-23(24,19-12-8-17(21)9-13-19)20-14-10-18(22)11-15-20/h8-15H,2-7,16H2,1H3. The molecule has 0 bridgehead atoms. The Bertz CT molecular complexity index is 616. The van der Waals surface area contributed by atoms with Gasteiger partial charge in [0, 0.05) is 16.1 Å². The molecule has 0 aliphatic rings. The molecule has 0 spiro atoms. The van der Waals surface area contributed by atoms with E-state index in [1.54, 1.807) is 0 Å². The Hall–Kier alpha value is -0.330. The van der Waals surface area contributed by atoms with Crippen molar-refractivity contribution in [3.05, 3.63) is 58.6 Å². The van der Waals surface area contributed by atoms with Crippen LogP contribution in [0.15, 0.2) is 48.5 Å². The van der Waals surface area contributed by atoms with E-state index < -0.39 is 6.04 Å². The Labute approximate surface area is 161 Å². The topological polar surface area (TPSA) is 0 Å². The maximum Gasteiger partial charge on any atom is 0.0406 e. The maximum absolute atomic E-state index is 6.25. The van der Waals surface area contributed by atoms with Gasteiger partial charge in [-0.05, 0) is 47.5 Å². The zero-order valence-corrected chi connectivity index (χ0v) is 17.4. The molecule has 0 radical (unpaired) electrons. The highest BCUT2D eigenvalue weighted by molar-refractivity contribution is 8.21. The molecule has 2 aromatic carbocycles. The summed E-state index contributed by atoms with van der Waals surface area (Å²) >= 11 is 18.4. The lowest BCUT2D eigenvalue weighted by molar-refractivity contribution is 0.626. The lowest BCUT2D eigenvalue weighted by Gasteiger charge is -2.23. The molecule has 0 saturated carbocycles. The second kappa shape index (κ2) is 9.97. The quantitative estimate of drug-likeness (QED) is 0.331. The van der Waals surface area contributed by atoms with Crippen LogP contribution in [0.4, 0.5) is 0 Å². The second-order valence-electron chi connectivity index (χ2n) is 6.18. The number of halogens is 2. The number of hydrogen-bond donors (Lipinski definition) is 0. The summed E-state index contributed by atoms with van der Waals surface area (Å²) < 4.78 is 0. The highest BCUT2D eigenvalue weighted by Gasteiger charge is 2.21. The van der Waals surface area contributed by atoms with Gasteiger partial charge < -0.3 is 0 Å². The Balaban J connectivity index is 2.16. The van der Waals surface area contributed by atoms with Crippen LogP contribution >= 0.6 is 29.2 Å². The van der Waals surface area contributed by atoms with Gasteiger partial charge in [0.25, 0.3) is 0 Å². The van der Waals surface area contributed by atoms with Crippen LogP contribution in [0.2, 0.25) is 10.0 Å². The molecular weight excluding hydrogens is 374 g/mol. The molecule has 0 amide bonds. The van der Waals surface area contributed by atoms with Crippen LogP contribution in [0.25, 0.3) is 0 Å². The average Bonchev–Trinajstić information content (AvgIpc) is 2.59. The van der Waals surface area contributed by atoms with Crippen LogP contribution in [-0.2, 0) is 11.8 Å². The van der Waals surface area contributed by atoms with Crippen molar-refractivity contribution in [1.29, 1.82) is 0 Å². The Kier molecular flexibility index (Phi) is 8.31. The molecule has 0 aliphatic heterocycles. The highest BCUT2D eigenvalue weighted by atomic mass is 35.5. The van der Waals surface area contributed by atoms with E-state index in [0.29, 0.717) is 0 Å². The molecule has 2 rings (SSSR count). The van der Waals surface area contributed by atoms with Crippen molar-refractivity contribution in [3.63, 3.8) is 0 Å². The molecule has 0 N–H and O–H groups in total. The molecule has 0 atom stereocenters. The first-order valence-corrected chi connectivity index (χ1v) is 12.4. The Morgan fingerprint density at radius 2 is 1.12 bits per heavy atom. The molecule has 4 heteroatoms. The summed E-state index contributed by atoms with van der Waals surface area (Å²) in [7, 11) is 0. The summed E-state index contributed by atoms with van der Waals surface area (Å²) in [5.74, 6) is 0. The van der Waals surface area contributed by atoms with Crippen molar-refractivity contribution in [2.45, 2.75) is 45.4 Å². The minimum atomic E-state index is -1.80. The van der Waals surface area contributed by atoms with Gasteiger partial charge in [0.1, 0.15) is 0 Å². The molecule has 2 aromatic rings. The minimum Gasteiger partial charge on any atom is -0.0876 e. The van der Waals surface area contributed by atoms with Gasteiger partial charge in [-0.25, -0.2) is 0 Å². The molecular formula is C20H25Cl2PS. The summed E-state index contributed by atoms with van der Waals surface area (Å²) in [6.07, 6.45) is 8.78. The van der Waals surface area contributed by atoms with Gasteiger partial charge in [-0.3, -0.25) is 0 Å². The van der Waals surface area contributed by atoms with E-state index >= 15 is 0 Å². The number of unbranched alkanes of at least 4 members (excludes halogenated alkanes) is 5. The third-order valence-electron chi connectivity index (χ3n) is 4.31. The first kappa shape index (κ1) is 20.0. The number of hydrogen-bond acceptors (Lipinski definition) is 1. The van der Waals surface area contributed by atoms with Gasteiger partial charge in [0.05, 0.1) is 0 Å². The van der Waals surface area contributed by atoms with E-state index in [4.69, 9.17) is 35.0 Å². The average molecular weight is 399 g/mol. The van der Waals surface area contributed by atoms with Crippen LogP contribution in [0, 0.1) is 0 Å². The van der Waals surface area contributed by atoms with E-state index in [9.17, 15) is 0 Å². The van der Waals surface area contributed by atoms with Gasteiger partial charge in [0.2, 0.25) is 0 Å². The lowest BCUT2D eigenvalue weighted by Crippen LogP contribution is -2.18. The molecule has 0 aromatic heterocycles. The van der Waals surface area contributed by atoms with Crippen molar-refractivity contribution in [3.8, 4) is 0 Å². The smallest absolute Gasteiger partial charge is 0.0406 e. The van der Waals surface area contributed by atoms with E-state index in [-0.39, 0.29) is 0 Å². The normalized spacial score (nSPS) is 11.6. The maximum atomic E-state index is 6.25.